The van der Waals surface area contributed by atoms with Gasteiger partial charge in [-0.25, -0.2) is 4.98 Å². The molecular weight excluding hydrogens is 395 g/mol. The molecule has 1 aromatic carbocycles. The number of rotatable bonds is 6. The number of ether oxygens (including phenoxy) is 1. The van der Waals surface area contributed by atoms with Crippen LogP contribution < -0.4 is 15.6 Å². The van der Waals surface area contributed by atoms with Crippen LogP contribution in [0.2, 0.25) is 0 Å². The van der Waals surface area contributed by atoms with Crippen molar-refractivity contribution in [1.82, 2.24) is 9.55 Å². The average Bonchev–Trinajstić information content (AvgIpc) is 3.11. The molecule has 1 N–H and O–H groups in total. The average molecular weight is 411 g/mol. The Balaban J connectivity index is 1.84. The molecule has 2 heterocycles. The minimum atomic E-state index is -4.56. The van der Waals surface area contributed by atoms with Gasteiger partial charge in [0.1, 0.15) is 17.0 Å². The van der Waals surface area contributed by atoms with Gasteiger partial charge >= 0.3 is 6.18 Å². The van der Waals surface area contributed by atoms with Crippen molar-refractivity contribution in [3.05, 3.63) is 51.9 Å². The number of hydrogen-bond donors (Lipinski definition) is 1. The molecule has 3 aromatic rings. The van der Waals surface area contributed by atoms with Gasteiger partial charge in [-0.15, -0.1) is 11.3 Å². The molecule has 28 heavy (non-hydrogen) atoms. The summed E-state index contributed by atoms with van der Waals surface area (Å²) in [5.41, 5.74) is -0.876. The van der Waals surface area contributed by atoms with Crippen LogP contribution in [0, 0.1) is 0 Å². The van der Waals surface area contributed by atoms with Crippen molar-refractivity contribution in [2.75, 3.05) is 11.9 Å². The molecule has 10 heteroatoms. The predicted octanol–water partition coefficient (Wildman–Crippen LogP) is 3.90. The van der Waals surface area contributed by atoms with Crippen molar-refractivity contribution in [1.29, 1.82) is 0 Å². The fourth-order valence-corrected chi connectivity index (χ4v) is 3.27. The molecule has 3 rings (SSSR count). The number of benzene rings is 1. The molecule has 6 nitrogen and oxygen atoms in total. The van der Waals surface area contributed by atoms with Gasteiger partial charge < -0.3 is 10.1 Å². The van der Waals surface area contributed by atoms with Crippen LogP contribution in [0.1, 0.15) is 18.9 Å². The molecule has 0 saturated heterocycles. The largest absolute Gasteiger partial charge is 0.491 e. The fraction of sp³-hybridized carbons (Fsp3) is 0.278. The fourth-order valence-electron chi connectivity index (χ4n) is 2.48. The van der Waals surface area contributed by atoms with E-state index < -0.39 is 17.6 Å². The second-order valence-corrected chi connectivity index (χ2v) is 6.83. The highest BCUT2D eigenvalue weighted by molar-refractivity contribution is 7.17. The van der Waals surface area contributed by atoms with Crippen LogP contribution in [0.25, 0.3) is 10.2 Å². The quantitative estimate of drug-likeness (QED) is 0.668. The molecule has 1 amide bonds. The number of amides is 1. The van der Waals surface area contributed by atoms with Crippen molar-refractivity contribution in [2.24, 2.45) is 0 Å². The summed E-state index contributed by atoms with van der Waals surface area (Å²) in [5, 5.41) is 4.11. The molecule has 0 radical (unpaired) electrons. The lowest BCUT2D eigenvalue weighted by atomic mass is 10.1. The first-order valence-corrected chi connectivity index (χ1v) is 9.24. The second kappa shape index (κ2) is 8.01. The number of thiophene rings is 1. The molecule has 0 saturated carbocycles. The Morgan fingerprint density at radius 3 is 2.82 bits per heavy atom. The lowest BCUT2D eigenvalue weighted by Crippen LogP contribution is -2.27. The van der Waals surface area contributed by atoms with E-state index in [9.17, 15) is 22.8 Å². The molecule has 0 unspecified atom stereocenters. The van der Waals surface area contributed by atoms with E-state index in [0.29, 0.717) is 16.6 Å². The number of nitrogens with zero attached hydrogens (tertiary/aromatic N) is 2. The van der Waals surface area contributed by atoms with Gasteiger partial charge in [-0.05, 0) is 36.1 Å². The molecular formula is C18H16F3N3O3S. The lowest BCUT2D eigenvalue weighted by Gasteiger charge is -2.15. The first kappa shape index (κ1) is 19.9. The Bertz CT molecular complexity index is 1060. The van der Waals surface area contributed by atoms with Crippen LogP contribution in [-0.2, 0) is 17.5 Å². The zero-order chi connectivity index (χ0) is 20.3. The second-order valence-electron chi connectivity index (χ2n) is 5.92. The molecule has 0 atom stereocenters. The summed E-state index contributed by atoms with van der Waals surface area (Å²) in [7, 11) is 0. The Hall–Kier alpha value is -2.88. The van der Waals surface area contributed by atoms with E-state index in [-0.39, 0.29) is 30.1 Å². The third kappa shape index (κ3) is 4.33. The third-order valence-corrected chi connectivity index (χ3v) is 4.68. The maximum absolute atomic E-state index is 13.0. The lowest BCUT2D eigenvalue weighted by molar-refractivity contribution is -0.137. The normalized spacial score (nSPS) is 11.6. The van der Waals surface area contributed by atoms with Crippen LogP contribution in [-0.4, -0.2) is 22.1 Å². The van der Waals surface area contributed by atoms with Gasteiger partial charge in [-0.1, -0.05) is 6.92 Å². The number of anilines is 1. The summed E-state index contributed by atoms with van der Waals surface area (Å²) < 4.78 is 45.9. The van der Waals surface area contributed by atoms with Crippen molar-refractivity contribution in [3.8, 4) is 5.75 Å². The molecule has 2 aromatic heterocycles. The van der Waals surface area contributed by atoms with Gasteiger partial charge in [0.15, 0.2) is 0 Å². The molecule has 0 aliphatic rings. The first-order valence-electron chi connectivity index (χ1n) is 8.36. The van der Waals surface area contributed by atoms with Gasteiger partial charge in [-0.2, -0.15) is 13.2 Å². The summed E-state index contributed by atoms with van der Waals surface area (Å²) in [6.07, 6.45) is -2.68. The maximum Gasteiger partial charge on any atom is 0.416 e. The minimum absolute atomic E-state index is 0.105. The van der Waals surface area contributed by atoms with Crippen LogP contribution >= 0.6 is 11.3 Å². The van der Waals surface area contributed by atoms with Gasteiger partial charge in [0.2, 0.25) is 5.91 Å². The van der Waals surface area contributed by atoms with Gasteiger partial charge in [-0.3, -0.25) is 14.2 Å². The summed E-state index contributed by atoms with van der Waals surface area (Å²) in [6.45, 7) is 1.75. The van der Waals surface area contributed by atoms with Gasteiger partial charge in [0.05, 0.1) is 29.7 Å². The summed E-state index contributed by atoms with van der Waals surface area (Å²) in [4.78, 5) is 28.8. The predicted molar refractivity (Wildman–Crippen MR) is 99.7 cm³/mol. The van der Waals surface area contributed by atoms with E-state index in [2.05, 4.69) is 10.3 Å². The van der Waals surface area contributed by atoms with Crippen LogP contribution in [0.15, 0.2) is 40.8 Å². The topological polar surface area (TPSA) is 73.2 Å². The SMILES string of the molecule is CCCOc1ccc(C(F)(F)F)cc1NC(=O)Cn1cnc2ccsc2c1=O. The van der Waals surface area contributed by atoms with Crippen LogP contribution in [0.4, 0.5) is 18.9 Å². The molecule has 0 bridgehead atoms. The zero-order valence-corrected chi connectivity index (χ0v) is 15.6. The van der Waals surface area contributed by atoms with E-state index in [1.165, 1.54) is 23.7 Å². The van der Waals surface area contributed by atoms with E-state index in [1.54, 1.807) is 11.4 Å². The van der Waals surface area contributed by atoms with Crippen molar-refractivity contribution in [2.45, 2.75) is 26.1 Å². The number of carbonyl (C=O) groups excluding carboxylic acids is 1. The Morgan fingerprint density at radius 2 is 2.11 bits per heavy atom. The molecule has 0 aliphatic carbocycles. The molecule has 0 aliphatic heterocycles. The molecule has 0 spiro atoms. The highest BCUT2D eigenvalue weighted by Crippen LogP contribution is 2.35. The van der Waals surface area contributed by atoms with Crippen LogP contribution in [0.5, 0.6) is 5.75 Å². The van der Waals surface area contributed by atoms with Gasteiger partial charge in [0, 0.05) is 0 Å². The zero-order valence-electron chi connectivity index (χ0n) is 14.7. The van der Waals surface area contributed by atoms with E-state index in [0.717, 1.165) is 16.7 Å². The first-order chi connectivity index (χ1) is 13.3. The number of nitrogens with one attached hydrogen (secondary N) is 1. The highest BCUT2D eigenvalue weighted by atomic mass is 32.1. The van der Waals surface area contributed by atoms with Gasteiger partial charge in [0.25, 0.3) is 5.56 Å². The Labute approximate surface area is 161 Å². The van der Waals surface area contributed by atoms with E-state index in [1.807, 2.05) is 6.92 Å². The third-order valence-electron chi connectivity index (χ3n) is 3.79. The summed E-state index contributed by atoms with van der Waals surface area (Å²) >= 11 is 1.20. The number of fused-ring (bicyclic) bond motifs is 1. The Morgan fingerprint density at radius 1 is 1.32 bits per heavy atom. The van der Waals surface area contributed by atoms with E-state index >= 15 is 0 Å². The van der Waals surface area contributed by atoms with Crippen molar-refractivity contribution in [3.63, 3.8) is 0 Å². The monoisotopic (exact) mass is 411 g/mol. The van der Waals surface area contributed by atoms with Crippen molar-refractivity contribution < 1.29 is 22.7 Å². The number of aromatic nitrogens is 2. The number of carbonyl (C=O) groups is 1. The van der Waals surface area contributed by atoms with Crippen LogP contribution in [0.3, 0.4) is 0 Å². The Kier molecular flexibility index (Phi) is 5.68. The smallest absolute Gasteiger partial charge is 0.416 e. The number of halogens is 3. The summed E-state index contributed by atoms with van der Waals surface area (Å²) in [5.74, 6) is -0.539. The molecule has 148 valence electrons. The van der Waals surface area contributed by atoms with Crippen molar-refractivity contribution >= 4 is 33.1 Å². The summed E-state index contributed by atoms with van der Waals surface area (Å²) in [6, 6.07) is 4.55. The number of hydrogen-bond acceptors (Lipinski definition) is 5. The minimum Gasteiger partial charge on any atom is -0.491 e. The maximum atomic E-state index is 13.0. The molecule has 0 fully saturated rings. The highest BCUT2D eigenvalue weighted by Gasteiger charge is 2.31. The standard InChI is InChI=1S/C18H16F3N3O3S/c1-2-6-27-14-4-3-11(18(19,20)21)8-13(14)23-15(25)9-24-10-22-12-5-7-28-16(12)17(24)26/h3-5,7-8,10H,2,6,9H2,1H3,(H,23,25). The number of alkyl halides is 3. The van der Waals surface area contributed by atoms with E-state index in [4.69, 9.17) is 4.74 Å².